The van der Waals surface area contributed by atoms with Gasteiger partial charge in [0, 0.05) is 12.6 Å². The quantitative estimate of drug-likeness (QED) is 0.773. The first-order valence-electron chi connectivity index (χ1n) is 6.15. The van der Waals surface area contributed by atoms with Gasteiger partial charge in [-0.2, -0.15) is 0 Å². The Labute approximate surface area is 93.0 Å². The first-order valence-corrected chi connectivity index (χ1v) is 6.15. The van der Waals surface area contributed by atoms with Crippen molar-refractivity contribution in [1.29, 1.82) is 0 Å². The highest BCUT2D eigenvalue weighted by Gasteiger charge is 2.40. The van der Waals surface area contributed by atoms with Crippen LogP contribution in [0, 0.1) is 0 Å². The zero-order valence-corrected chi connectivity index (χ0v) is 10.3. The lowest BCUT2D eigenvalue weighted by Crippen LogP contribution is -2.55. The number of carbonyl (C=O) groups is 1. The van der Waals surface area contributed by atoms with E-state index < -0.39 is 5.54 Å². The molecule has 0 aromatic carbocycles. The molecule has 0 bridgehead atoms. The average molecular weight is 212 g/mol. The van der Waals surface area contributed by atoms with E-state index in [2.05, 4.69) is 13.8 Å². The molecule has 0 heterocycles. The van der Waals surface area contributed by atoms with E-state index in [0.29, 0.717) is 6.04 Å². The van der Waals surface area contributed by atoms with Gasteiger partial charge in [-0.05, 0) is 33.1 Å². The molecule has 1 fully saturated rings. The fraction of sp³-hybridized carbons (Fsp3) is 0.917. The Morgan fingerprint density at radius 1 is 1.40 bits per heavy atom. The Kier molecular flexibility index (Phi) is 4.14. The molecule has 0 radical (unpaired) electrons. The lowest BCUT2D eigenvalue weighted by Gasteiger charge is -2.34. The first-order chi connectivity index (χ1) is 7.05. The van der Waals surface area contributed by atoms with E-state index in [9.17, 15) is 4.79 Å². The van der Waals surface area contributed by atoms with Crippen LogP contribution in [0.5, 0.6) is 0 Å². The van der Waals surface area contributed by atoms with Gasteiger partial charge in [0.15, 0.2) is 0 Å². The molecule has 1 aliphatic rings. The number of rotatable bonds is 4. The molecule has 0 aromatic rings. The fourth-order valence-electron chi connectivity index (χ4n) is 2.38. The van der Waals surface area contributed by atoms with Gasteiger partial charge in [-0.1, -0.05) is 19.8 Å². The molecule has 1 atom stereocenters. The molecule has 1 aliphatic carbocycles. The van der Waals surface area contributed by atoms with Gasteiger partial charge in [0.25, 0.3) is 0 Å². The van der Waals surface area contributed by atoms with Gasteiger partial charge in [-0.15, -0.1) is 0 Å². The van der Waals surface area contributed by atoms with Gasteiger partial charge in [-0.25, -0.2) is 0 Å². The molecule has 3 heteroatoms. The van der Waals surface area contributed by atoms with E-state index in [-0.39, 0.29) is 5.91 Å². The van der Waals surface area contributed by atoms with Crippen LogP contribution in [0.4, 0.5) is 0 Å². The predicted molar refractivity (Wildman–Crippen MR) is 62.5 cm³/mol. The third-order valence-electron chi connectivity index (χ3n) is 3.65. The number of nitrogens with two attached hydrogens (primary N) is 1. The van der Waals surface area contributed by atoms with Gasteiger partial charge in [0.05, 0.1) is 5.54 Å². The molecule has 3 nitrogen and oxygen atoms in total. The molecule has 0 saturated heterocycles. The molecule has 1 saturated carbocycles. The van der Waals surface area contributed by atoms with Gasteiger partial charge >= 0.3 is 0 Å². The molecule has 15 heavy (non-hydrogen) atoms. The lowest BCUT2D eigenvalue weighted by atomic mass is 9.96. The Morgan fingerprint density at radius 2 is 1.93 bits per heavy atom. The third kappa shape index (κ3) is 2.51. The molecular weight excluding hydrogens is 188 g/mol. The van der Waals surface area contributed by atoms with Crippen LogP contribution in [-0.2, 0) is 4.79 Å². The van der Waals surface area contributed by atoms with Crippen molar-refractivity contribution in [3.05, 3.63) is 0 Å². The van der Waals surface area contributed by atoms with Crippen LogP contribution in [0.1, 0.15) is 52.9 Å². The van der Waals surface area contributed by atoms with E-state index in [1.165, 1.54) is 0 Å². The highest BCUT2D eigenvalue weighted by Crippen LogP contribution is 2.29. The van der Waals surface area contributed by atoms with E-state index in [1.54, 1.807) is 0 Å². The molecule has 1 unspecified atom stereocenters. The van der Waals surface area contributed by atoms with Crippen LogP contribution < -0.4 is 5.73 Å². The van der Waals surface area contributed by atoms with E-state index in [0.717, 1.165) is 38.6 Å². The summed E-state index contributed by atoms with van der Waals surface area (Å²) in [6, 6.07) is 0.309. The van der Waals surface area contributed by atoms with Gasteiger partial charge < -0.3 is 10.6 Å². The Balaban J connectivity index is 2.71. The maximum atomic E-state index is 12.3. The topological polar surface area (TPSA) is 46.3 Å². The molecular formula is C12H24N2O. The van der Waals surface area contributed by atoms with Crippen molar-refractivity contribution in [3.8, 4) is 0 Å². The molecule has 0 aliphatic heterocycles. The van der Waals surface area contributed by atoms with Crippen LogP contribution in [0.2, 0.25) is 0 Å². The maximum absolute atomic E-state index is 12.3. The fourth-order valence-corrected chi connectivity index (χ4v) is 2.38. The minimum absolute atomic E-state index is 0.164. The summed E-state index contributed by atoms with van der Waals surface area (Å²) in [4.78, 5) is 14.2. The van der Waals surface area contributed by atoms with Crippen molar-refractivity contribution in [1.82, 2.24) is 4.90 Å². The number of hydrogen-bond donors (Lipinski definition) is 1. The summed E-state index contributed by atoms with van der Waals surface area (Å²) in [5.41, 5.74) is 5.62. The molecule has 0 aromatic heterocycles. The van der Waals surface area contributed by atoms with Crippen molar-refractivity contribution >= 4 is 5.91 Å². The first kappa shape index (κ1) is 12.5. The monoisotopic (exact) mass is 212 g/mol. The zero-order valence-electron chi connectivity index (χ0n) is 10.3. The second-order valence-electron chi connectivity index (χ2n) is 4.71. The van der Waals surface area contributed by atoms with E-state index in [1.807, 2.05) is 11.8 Å². The highest BCUT2D eigenvalue weighted by molar-refractivity contribution is 5.86. The summed E-state index contributed by atoms with van der Waals surface area (Å²) in [5, 5.41) is 0. The number of likely N-dealkylation sites (N-methyl/N-ethyl adjacent to an activating group) is 1. The van der Waals surface area contributed by atoms with Crippen LogP contribution in [0.25, 0.3) is 0 Å². The summed E-state index contributed by atoms with van der Waals surface area (Å²) < 4.78 is 0. The smallest absolute Gasteiger partial charge is 0.242 e. The SMILES string of the molecule is CCC(C)N(CC)C(=O)C1(N)CCCC1. The Hall–Kier alpha value is -0.570. The highest BCUT2D eigenvalue weighted by atomic mass is 16.2. The molecule has 88 valence electrons. The summed E-state index contributed by atoms with van der Waals surface area (Å²) in [5.74, 6) is 0.164. The van der Waals surface area contributed by atoms with Crippen molar-refractivity contribution in [2.24, 2.45) is 5.73 Å². The number of carbonyl (C=O) groups excluding carboxylic acids is 1. The predicted octanol–water partition coefficient (Wildman–Crippen LogP) is 1.90. The Bertz CT molecular complexity index is 222. The van der Waals surface area contributed by atoms with E-state index in [4.69, 9.17) is 5.73 Å². The number of amides is 1. The van der Waals surface area contributed by atoms with Crippen molar-refractivity contribution in [2.45, 2.75) is 64.5 Å². The molecule has 2 N–H and O–H groups in total. The van der Waals surface area contributed by atoms with E-state index >= 15 is 0 Å². The third-order valence-corrected chi connectivity index (χ3v) is 3.65. The summed E-state index contributed by atoms with van der Waals surface area (Å²) >= 11 is 0. The van der Waals surface area contributed by atoms with Crippen molar-refractivity contribution in [3.63, 3.8) is 0 Å². The molecule has 1 amide bonds. The van der Waals surface area contributed by atoms with Gasteiger partial charge in [0.2, 0.25) is 5.91 Å². The Morgan fingerprint density at radius 3 is 2.33 bits per heavy atom. The normalized spacial score (nSPS) is 21.3. The van der Waals surface area contributed by atoms with Crippen LogP contribution in [-0.4, -0.2) is 28.9 Å². The maximum Gasteiger partial charge on any atom is 0.242 e. The zero-order chi connectivity index (χ0) is 11.5. The summed E-state index contributed by atoms with van der Waals surface area (Å²) in [7, 11) is 0. The van der Waals surface area contributed by atoms with Crippen LogP contribution in [0.15, 0.2) is 0 Å². The number of hydrogen-bond acceptors (Lipinski definition) is 2. The van der Waals surface area contributed by atoms with Gasteiger partial charge in [0.1, 0.15) is 0 Å². The van der Waals surface area contributed by atoms with Crippen molar-refractivity contribution < 1.29 is 4.79 Å². The second kappa shape index (κ2) is 4.97. The van der Waals surface area contributed by atoms with Crippen LogP contribution >= 0.6 is 0 Å². The lowest BCUT2D eigenvalue weighted by molar-refractivity contribution is -0.138. The van der Waals surface area contributed by atoms with Gasteiger partial charge in [-0.3, -0.25) is 4.79 Å². The average Bonchev–Trinajstić information content (AvgIpc) is 2.67. The second-order valence-corrected chi connectivity index (χ2v) is 4.71. The molecule has 1 rings (SSSR count). The number of nitrogens with zero attached hydrogens (tertiary/aromatic N) is 1. The minimum Gasteiger partial charge on any atom is -0.339 e. The summed E-state index contributed by atoms with van der Waals surface area (Å²) in [6.07, 6.45) is 4.91. The largest absolute Gasteiger partial charge is 0.339 e. The van der Waals surface area contributed by atoms with Crippen LogP contribution in [0.3, 0.4) is 0 Å². The minimum atomic E-state index is -0.556. The molecule has 0 spiro atoms. The standard InChI is InChI=1S/C12H24N2O/c1-4-10(3)14(5-2)11(15)12(13)8-6-7-9-12/h10H,4-9,13H2,1-3H3. The summed E-state index contributed by atoms with van der Waals surface area (Å²) in [6.45, 7) is 7.01. The van der Waals surface area contributed by atoms with Crippen molar-refractivity contribution in [2.75, 3.05) is 6.54 Å².